The fraction of sp³-hybridized carbons (Fsp3) is 0.593. The molecule has 2 amide bonds. The number of para-hydroxylation sites is 1. The first-order valence-corrected chi connectivity index (χ1v) is 12.9. The average Bonchev–Trinajstić information content (AvgIpc) is 3.34. The van der Waals surface area contributed by atoms with Gasteiger partial charge < -0.3 is 24.0 Å². The number of likely N-dealkylation sites (tertiary alicyclic amines) is 1. The Morgan fingerprint density at radius 3 is 2.49 bits per heavy atom. The van der Waals surface area contributed by atoms with Crippen LogP contribution in [0.1, 0.15) is 44.9 Å². The van der Waals surface area contributed by atoms with Gasteiger partial charge in [-0.1, -0.05) is 32.0 Å². The largest absolute Gasteiger partial charge is 0.490 e. The standard InChI is InChI=1S/C27H39N5O3/c1-21(2)27-28-11-14-31(27)13-10-25(33)32-12-9-24(35-23-7-5-4-6-8-23)22(20-32)19-26(34)30-17-15-29(3)16-18-30/h4-8,11,14,21-22,24H,9-10,12-13,15-20H2,1-3H3/t22-,24-/m0/s1. The van der Waals surface area contributed by atoms with Gasteiger partial charge in [-0.05, 0) is 19.2 Å². The predicted molar refractivity (Wildman–Crippen MR) is 135 cm³/mol. The fourth-order valence-electron chi connectivity index (χ4n) is 5.06. The van der Waals surface area contributed by atoms with Crippen molar-refractivity contribution in [3.05, 3.63) is 48.5 Å². The van der Waals surface area contributed by atoms with E-state index >= 15 is 0 Å². The summed E-state index contributed by atoms with van der Waals surface area (Å²) in [7, 11) is 2.09. The van der Waals surface area contributed by atoms with E-state index in [1.165, 1.54) is 0 Å². The zero-order valence-electron chi connectivity index (χ0n) is 21.3. The molecule has 0 saturated carbocycles. The molecule has 2 aliphatic rings. The number of amides is 2. The van der Waals surface area contributed by atoms with Gasteiger partial charge in [0.25, 0.3) is 0 Å². The van der Waals surface area contributed by atoms with Crippen LogP contribution in [0, 0.1) is 5.92 Å². The summed E-state index contributed by atoms with van der Waals surface area (Å²) < 4.78 is 8.40. The van der Waals surface area contributed by atoms with Gasteiger partial charge in [0.1, 0.15) is 17.7 Å². The van der Waals surface area contributed by atoms with Crippen LogP contribution < -0.4 is 4.74 Å². The lowest BCUT2D eigenvalue weighted by atomic mass is 9.90. The van der Waals surface area contributed by atoms with Gasteiger partial charge in [-0.25, -0.2) is 4.98 Å². The molecule has 1 aromatic heterocycles. The summed E-state index contributed by atoms with van der Waals surface area (Å²) in [6, 6.07) is 9.79. The molecule has 2 fully saturated rings. The minimum atomic E-state index is -0.0842. The number of nitrogens with zero attached hydrogens (tertiary/aromatic N) is 5. The van der Waals surface area contributed by atoms with E-state index in [1.807, 2.05) is 46.3 Å². The van der Waals surface area contributed by atoms with Crippen LogP contribution in [0.5, 0.6) is 5.75 Å². The van der Waals surface area contributed by atoms with E-state index in [9.17, 15) is 9.59 Å². The second-order valence-corrected chi connectivity index (χ2v) is 10.1. The summed E-state index contributed by atoms with van der Waals surface area (Å²) in [5.74, 6) is 2.40. The number of hydrogen-bond acceptors (Lipinski definition) is 5. The van der Waals surface area contributed by atoms with Crippen molar-refractivity contribution in [2.45, 2.75) is 51.7 Å². The van der Waals surface area contributed by atoms with Gasteiger partial charge in [-0.15, -0.1) is 0 Å². The molecular formula is C27H39N5O3. The summed E-state index contributed by atoms with van der Waals surface area (Å²) in [6.07, 6.45) is 5.22. The highest BCUT2D eigenvalue weighted by Crippen LogP contribution is 2.27. The molecule has 190 valence electrons. The van der Waals surface area contributed by atoms with Gasteiger partial charge in [0, 0.05) is 89.3 Å². The van der Waals surface area contributed by atoms with Crippen LogP contribution in [-0.2, 0) is 16.1 Å². The Bertz CT molecular complexity index is 968. The van der Waals surface area contributed by atoms with Crippen molar-refractivity contribution in [1.29, 1.82) is 0 Å². The Hall–Kier alpha value is -2.87. The topological polar surface area (TPSA) is 70.9 Å². The highest BCUT2D eigenvalue weighted by molar-refractivity contribution is 5.78. The molecule has 8 heteroatoms. The van der Waals surface area contributed by atoms with Crippen molar-refractivity contribution < 1.29 is 14.3 Å². The van der Waals surface area contributed by atoms with E-state index in [0.717, 1.165) is 44.2 Å². The summed E-state index contributed by atoms with van der Waals surface area (Å²) in [4.78, 5) is 36.9. The monoisotopic (exact) mass is 481 g/mol. The minimum Gasteiger partial charge on any atom is -0.490 e. The van der Waals surface area contributed by atoms with Gasteiger partial charge in [-0.2, -0.15) is 0 Å². The summed E-state index contributed by atoms with van der Waals surface area (Å²) in [6.45, 7) is 9.37. The third kappa shape index (κ3) is 6.63. The minimum absolute atomic E-state index is 0.0282. The average molecular weight is 482 g/mol. The molecule has 0 aliphatic carbocycles. The number of aryl methyl sites for hydroxylation is 1. The molecule has 0 N–H and O–H groups in total. The van der Waals surface area contributed by atoms with Gasteiger partial charge in [-0.3, -0.25) is 9.59 Å². The molecule has 4 rings (SSSR count). The van der Waals surface area contributed by atoms with Gasteiger partial charge in [0.2, 0.25) is 11.8 Å². The van der Waals surface area contributed by atoms with Crippen LogP contribution in [0.3, 0.4) is 0 Å². The number of likely N-dealkylation sites (N-methyl/N-ethyl adjacent to an activating group) is 1. The van der Waals surface area contributed by atoms with E-state index < -0.39 is 0 Å². The Kier molecular flexibility index (Phi) is 8.44. The van der Waals surface area contributed by atoms with E-state index in [4.69, 9.17) is 4.74 Å². The van der Waals surface area contributed by atoms with Crippen LogP contribution >= 0.6 is 0 Å². The van der Waals surface area contributed by atoms with Crippen LogP contribution in [-0.4, -0.2) is 88.5 Å². The first kappa shape index (κ1) is 25.2. The molecule has 0 spiro atoms. The number of rotatable bonds is 8. The van der Waals surface area contributed by atoms with Crippen molar-refractivity contribution in [1.82, 2.24) is 24.3 Å². The number of carbonyl (C=O) groups excluding carboxylic acids is 2. The van der Waals surface area contributed by atoms with E-state index in [2.05, 4.69) is 35.3 Å². The fourth-order valence-corrected chi connectivity index (χ4v) is 5.06. The predicted octanol–water partition coefficient (Wildman–Crippen LogP) is 2.86. The molecule has 2 atom stereocenters. The van der Waals surface area contributed by atoms with Crippen LogP contribution in [0.15, 0.2) is 42.7 Å². The summed E-state index contributed by atoms with van der Waals surface area (Å²) in [5, 5.41) is 0. The first-order valence-electron chi connectivity index (χ1n) is 12.9. The molecule has 2 aliphatic heterocycles. The van der Waals surface area contributed by atoms with E-state index in [-0.39, 0.29) is 23.8 Å². The summed E-state index contributed by atoms with van der Waals surface area (Å²) in [5.41, 5.74) is 0. The molecule has 2 saturated heterocycles. The van der Waals surface area contributed by atoms with E-state index in [0.29, 0.717) is 38.4 Å². The maximum absolute atomic E-state index is 13.2. The Morgan fingerprint density at radius 1 is 1.03 bits per heavy atom. The quantitative estimate of drug-likeness (QED) is 0.580. The SMILES string of the molecule is CC(C)c1nccn1CCC(=O)N1CC[C@H](Oc2ccccc2)[C@@H](CC(=O)N2CCN(C)CC2)C1. The highest BCUT2D eigenvalue weighted by atomic mass is 16.5. The number of aromatic nitrogens is 2. The first-order chi connectivity index (χ1) is 16.9. The van der Waals surface area contributed by atoms with Gasteiger partial charge in [0.05, 0.1) is 0 Å². The number of piperazine rings is 1. The maximum Gasteiger partial charge on any atom is 0.224 e. The summed E-state index contributed by atoms with van der Waals surface area (Å²) >= 11 is 0. The molecule has 2 aromatic rings. The van der Waals surface area contributed by atoms with Gasteiger partial charge >= 0.3 is 0 Å². The lowest BCUT2D eigenvalue weighted by Gasteiger charge is -2.40. The van der Waals surface area contributed by atoms with Crippen LogP contribution in [0.2, 0.25) is 0 Å². The molecule has 0 radical (unpaired) electrons. The molecule has 3 heterocycles. The molecule has 0 unspecified atom stereocenters. The molecule has 35 heavy (non-hydrogen) atoms. The number of piperidine rings is 1. The number of hydrogen-bond donors (Lipinski definition) is 0. The molecule has 1 aromatic carbocycles. The maximum atomic E-state index is 13.2. The third-order valence-electron chi connectivity index (χ3n) is 7.17. The zero-order chi connectivity index (χ0) is 24.8. The second-order valence-electron chi connectivity index (χ2n) is 10.1. The van der Waals surface area contributed by atoms with Gasteiger partial charge in [0.15, 0.2) is 0 Å². The van der Waals surface area contributed by atoms with Crippen molar-refractivity contribution in [2.75, 3.05) is 46.3 Å². The van der Waals surface area contributed by atoms with Crippen LogP contribution in [0.4, 0.5) is 0 Å². The number of carbonyl (C=O) groups is 2. The van der Waals surface area contributed by atoms with Crippen molar-refractivity contribution >= 4 is 11.8 Å². The van der Waals surface area contributed by atoms with Crippen LogP contribution in [0.25, 0.3) is 0 Å². The lowest BCUT2D eigenvalue weighted by molar-refractivity contribution is -0.140. The highest BCUT2D eigenvalue weighted by Gasteiger charge is 2.35. The second kappa shape index (κ2) is 11.7. The van der Waals surface area contributed by atoms with E-state index in [1.54, 1.807) is 6.20 Å². The molecular weight excluding hydrogens is 442 g/mol. The normalized spacial score (nSPS) is 21.4. The molecule has 0 bridgehead atoms. The Labute approximate surface area is 208 Å². The number of ether oxygens (including phenoxy) is 1. The number of imidazole rings is 1. The Balaban J connectivity index is 1.39. The third-order valence-corrected chi connectivity index (χ3v) is 7.17. The van der Waals surface area contributed by atoms with Crippen molar-refractivity contribution in [2.24, 2.45) is 5.92 Å². The Morgan fingerprint density at radius 2 is 1.77 bits per heavy atom. The molecule has 8 nitrogen and oxygen atoms in total. The lowest BCUT2D eigenvalue weighted by Crippen LogP contribution is -2.51. The zero-order valence-corrected chi connectivity index (χ0v) is 21.3. The smallest absolute Gasteiger partial charge is 0.224 e. The number of benzene rings is 1. The van der Waals surface area contributed by atoms with Crippen molar-refractivity contribution in [3.63, 3.8) is 0 Å². The van der Waals surface area contributed by atoms with Crippen molar-refractivity contribution in [3.8, 4) is 5.75 Å².